The minimum absolute atomic E-state index is 0.0218. The lowest BCUT2D eigenvalue weighted by Gasteiger charge is -2.14. The van der Waals surface area contributed by atoms with E-state index >= 15 is 0 Å². The first kappa shape index (κ1) is 21.2. The molecule has 0 saturated heterocycles. The number of carbonyl (C=O) groups is 2. The van der Waals surface area contributed by atoms with E-state index in [9.17, 15) is 19.2 Å². The SMILES string of the molecule is CCCn1c(=O)[nH]c(=O)c2c(C(=O)Nc3cccc(C(C)=O)c3)cc(C(C)C)nc21. The Morgan fingerprint density at radius 3 is 2.57 bits per heavy atom. The molecule has 1 aromatic carbocycles. The van der Waals surface area contributed by atoms with Gasteiger partial charge in [0.1, 0.15) is 0 Å². The van der Waals surface area contributed by atoms with Gasteiger partial charge in [-0.2, -0.15) is 0 Å². The number of H-pyrrole nitrogens is 1. The van der Waals surface area contributed by atoms with Crippen molar-refractivity contribution in [2.24, 2.45) is 0 Å². The molecule has 8 heteroatoms. The van der Waals surface area contributed by atoms with Gasteiger partial charge in [-0.15, -0.1) is 0 Å². The molecule has 0 unspecified atom stereocenters. The minimum atomic E-state index is -0.659. The van der Waals surface area contributed by atoms with Crippen LogP contribution in [0, 0.1) is 0 Å². The highest BCUT2D eigenvalue weighted by Gasteiger charge is 2.20. The Kier molecular flexibility index (Phi) is 5.96. The molecule has 0 radical (unpaired) electrons. The van der Waals surface area contributed by atoms with Crippen LogP contribution in [0.4, 0.5) is 5.69 Å². The Balaban J connectivity index is 2.21. The molecular weight excluding hydrogens is 384 g/mol. The monoisotopic (exact) mass is 408 g/mol. The van der Waals surface area contributed by atoms with Crippen LogP contribution in [0.2, 0.25) is 0 Å². The predicted octanol–water partition coefficient (Wildman–Crippen LogP) is 3.07. The number of amides is 1. The van der Waals surface area contributed by atoms with Gasteiger partial charge in [-0.05, 0) is 37.5 Å². The number of benzene rings is 1. The van der Waals surface area contributed by atoms with Crippen molar-refractivity contribution in [3.8, 4) is 0 Å². The summed E-state index contributed by atoms with van der Waals surface area (Å²) in [6.07, 6.45) is 0.661. The maximum absolute atomic E-state index is 13.1. The third-order valence-electron chi connectivity index (χ3n) is 4.78. The maximum atomic E-state index is 13.1. The van der Waals surface area contributed by atoms with Gasteiger partial charge in [0, 0.05) is 23.5 Å². The number of anilines is 1. The second-order valence-electron chi connectivity index (χ2n) is 7.45. The van der Waals surface area contributed by atoms with Crippen molar-refractivity contribution in [1.82, 2.24) is 14.5 Å². The highest BCUT2D eigenvalue weighted by Crippen LogP contribution is 2.21. The molecule has 2 aromatic heterocycles. The van der Waals surface area contributed by atoms with Crippen molar-refractivity contribution in [3.05, 3.63) is 68.0 Å². The van der Waals surface area contributed by atoms with E-state index in [-0.39, 0.29) is 28.3 Å². The van der Waals surface area contributed by atoms with E-state index in [1.807, 2.05) is 20.8 Å². The molecule has 3 aromatic rings. The fourth-order valence-electron chi connectivity index (χ4n) is 3.21. The van der Waals surface area contributed by atoms with Crippen molar-refractivity contribution in [2.75, 3.05) is 5.32 Å². The normalized spacial score (nSPS) is 11.1. The van der Waals surface area contributed by atoms with Gasteiger partial charge in [-0.1, -0.05) is 32.9 Å². The Bertz CT molecular complexity index is 1250. The van der Waals surface area contributed by atoms with Gasteiger partial charge in [0.05, 0.1) is 10.9 Å². The summed E-state index contributed by atoms with van der Waals surface area (Å²) in [5.74, 6) is -0.661. The number of aryl methyl sites for hydroxylation is 1. The van der Waals surface area contributed by atoms with Crippen LogP contribution in [-0.2, 0) is 6.54 Å². The minimum Gasteiger partial charge on any atom is -0.322 e. The van der Waals surface area contributed by atoms with Crippen LogP contribution in [0.15, 0.2) is 39.9 Å². The summed E-state index contributed by atoms with van der Waals surface area (Å²) in [7, 11) is 0. The van der Waals surface area contributed by atoms with Crippen molar-refractivity contribution >= 4 is 28.4 Å². The number of pyridine rings is 1. The molecule has 0 atom stereocenters. The Morgan fingerprint density at radius 2 is 1.93 bits per heavy atom. The number of hydrogen-bond donors (Lipinski definition) is 2. The molecule has 30 heavy (non-hydrogen) atoms. The molecule has 2 heterocycles. The number of nitrogens with zero attached hydrogens (tertiary/aromatic N) is 2. The molecular formula is C22H24N4O4. The number of aromatic amines is 1. The summed E-state index contributed by atoms with van der Waals surface area (Å²) in [4.78, 5) is 56.5. The van der Waals surface area contributed by atoms with Gasteiger partial charge in [0.25, 0.3) is 11.5 Å². The van der Waals surface area contributed by atoms with E-state index in [1.54, 1.807) is 30.3 Å². The van der Waals surface area contributed by atoms with Gasteiger partial charge in [-0.25, -0.2) is 9.78 Å². The first-order valence-electron chi connectivity index (χ1n) is 9.83. The molecule has 0 aliphatic carbocycles. The second-order valence-corrected chi connectivity index (χ2v) is 7.45. The largest absolute Gasteiger partial charge is 0.329 e. The fourth-order valence-corrected chi connectivity index (χ4v) is 3.21. The first-order valence-corrected chi connectivity index (χ1v) is 9.83. The summed E-state index contributed by atoms with van der Waals surface area (Å²) in [5, 5.41) is 2.81. The predicted molar refractivity (Wildman–Crippen MR) is 115 cm³/mol. The van der Waals surface area contributed by atoms with Crippen LogP contribution in [0.5, 0.6) is 0 Å². The summed E-state index contributed by atoms with van der Waals surface area (Å²) in [6, 6.07) is 8.14. The molecule has 0 saturated carbocycles. The van der Waals surface area contributed by atoms with E-state index in [4.69, 9.17) is 0 Å². The van der Waals surface area contributed by atoms with E-state index in [1.165, 1.54) is 11.5 Å². The zero-order chi connectivity index (χ0) is 22.0. The quantitative estimate of drug-likeness (QED) is 0.609. The molecule has 0 fully saturated rings. The second kappa shape index (κ2) is 8.44. The topological polar surface area (TPSA) is 114 Å². The molecule has 3 rings (SSSR count). The third kappa shape index (κ3) is 4.07. The number of fused-ring (bicyclic) bond motifs is 1. The van der Waals surface area contributed by atoms with Gasteiger partial charge < -0.3 is 5.32 Å². The third-order valence-corrected chi connectivity index (χ3v) is 4.78. The van der Waals surface area contributed by atoms with Gasteiger partial charge in [0.15, 0.2) is 11.4 Å². The van der Waals surface area contributed by atoms with E-state index in [2.05, 4.69) is 15.3 Å². The van der Waals surface area contributed by atoms with Gasteiger partial charge in [0.2, 0.25) is 0 Å². The standard InChI is InChI=1S/C22H24N4O4/c1-5-9-26-19-18(21(29)25-22(26)30)16(11-17(24-19)12(2)3)20(28)23-15-8-6-7-14(10-15)13(4)27/h6-8,10-12H,5,9H2,1-4H3,(H,23,28)(H,25,29,30). The Labute approximate surface area is 173 Å². The van der Waals surface area contributed by atoms with Crippen LogP contribution < -0.4 is 16.6 Å². The van der Waals surface area contributed by atoms with Crippen molar-refractivity contribution in [3.63, 3.8) is 0 Å². The number of carbonyl (C=O) groups excluding carboxylic acids is 2. The van der Waals surface area contributed by atoms with E-state index in [0.717, 1.165) is 0 Å². The molecule has 0 aliphatic rings. The highest BCUT2D eigenvalue weighted by atomic mass is 16.2. The Morgan fingerprint density at radius 1 is 1.20 bits per heavy atom. The lowest BCUT2D eigenvalue weighted by atomic mass is 10.0. The van der Waals surface area contributed by atoms with Crippen molar-refractivity contribution in [2.45, 2.75) is 46.6 Å². The van der Waals surface area contributed by atoms with Crippen molar-refractivity contribution < 1.29 is 9.59 Å². The molecule has 0 spiro atoms. The molecule has 0 aliphatic heterocycles. The van der Waals surface area contributed by atoms with Gasteiger partial charge >= 0.3 is 5.69 Å². The van der Waals surface area contributed by atoms with E-state index < -0.39 is 17.2 Å². The van der Waals surface area contributed by atoms with Crippen LogP contribution in [0.25, 0.3) is 11.0 Å². The molecule has 1 amide bonds. The molecule has 8 nitrogen and oxygen atoms in total. The zero-order valence-electron chi connectivity index (χ0n) is 17.4. The zero-order valence-corrected chi connectivity index (χ0v) is 17.4. The summed E-state index contributed by atoms with van der Waals surface area (Å²) >= 11 is 0. The lowest BCUT2D eigenvalue weighted by Crippen LogP contribution is -2.32. The highest BCUT2D eigenvalue weighted by molar-refractivity contribution is 6.12. The number of ketones is 1. The maximum Gasteiger partial charge on any atom is 0.329 e. The average Bonchev–Trinajstić information content (AvgIpc) is 2.70. The van der Waals surface area contributed by atoms with Gasteiger partial charge in [-0.3, -0.25) is 23.9 Å². The average molecular weight is 408 g/mol. The number of aromatic nitrogens is 3. The lowest BCUT2D eigenvalue weighted by molar-refractivity contribution is 0.101. The molecule has 156 valence electrons. The van der Waals surface area contributed by atoms with Crippen LogP contribution in [0.1, 0.15) is 66.4 Å². The summed E-state index contributed by atoms with van der Waals surface area (Å²) in [6.45, 7) is 7.55. The number of Topliss-reactive ketones (excluding diaryl/α,β-unsaturated/α-hetero) is 1. The smallest absolute Gasteiger partial charge is 0.322 e. The molecule has 2 N–H and O–H groups in total. The summed E-state index contributed by atoms with van der Waals surface area (Å²) < 4.78 is 1.38. The summed E-state index contributed by atoms with van der Waals surface area (Å²) in [5.41, 5.74) is 0.602. The van der Waals surface area contributed by atoms with E-state index in [0.29, 0.717) is 29.9 Å². The molecule has 0 bridgehead atoms. The fraction of sp³-hybridized carbons (Fsp3) is 0.318. The van der Waals surface area contributed by atoms with Crippen LogP contribution >= 0.6 is 0 Å². The van der Waals surface area contributed by atoms with Crippen molar-refractivity contribution in [1.29, 1.82) is 0 Å². The number of nitrogens with one attached hydrogen (secondary N) is 2. The first-order chi connectivity index (χ1) is 14.2. The van der Waals surface area contributed by atoms with Crippen LogP contribution in [0.3, 0.4) is 0 Å². The number of rotatable bonds is 6. The Hall–Kier alpha value is -3.55. The number of hydrogen-bond acceptors (Lipinski definition) is 5. The van der Waals surface area contributed by atoms with Crippen LogP contribution in [-0.4, -0.2) is 26.2 Å².